The van der Waals surface area contributed by atoms with Crippen LogP contribution in [0.1, 0.15) is 11.3 Å². The number of carbonyl (C=O) groups excluding carboxylic acids is 1. The first-order chi connectivity index (χ1) is 9.22. The fraction of sp³-hybridized carbons (Fsp3) is 0.385. The number of nitrogens with one attached hydrogen (secondary N) is 1. The summed E-state index contributed by atoms with van der Waals surface area (Å²) in [5.41, 5.74) is 0. The van der Waals surface area contributed by atoms with E-state index in [2.05, 4.69) is 21.7 Å². The molecule has 2 aromatic rings. The topological polar surface area (TPSA) is 45.2 Å². The summed E-state index contributed by atoms with van der Waals surface area (Å²) in [4.78, 5) is 20.1. The molecule has 1 aliphatic rings. The van der Waals surface area contributed by atoms with Gasteiger partial charge in [-0.2, -0.15) is 0 Å². The van der Waals surface area contributed by atoms with Crippen LogP contribution in [0.25, 0.3) is 9.88 Å². The molecule has 0 aliphatic carbocycles. The molecule has 1 N–H and O–H groups in total. The number of hydrogen-bond acceptors (Lipinski definition) is 5. The van der Waals surface area contributed by atoms with Crippen molar-refractivity contribution >= 4 is 28.6 Å². The van der Waals surface area contributed by atoms with Crippen molar-refractivity contribution < 1.29 is 4.79 Å². The Balaban J connectivity index is 1.58. The monoisotopic (exact) mass is 293 g/mol. The van der Waals surface area contributed by atoms with Crippen LogP contribution in [-0.2, 0) is 11.3 Å². The van der Waals surface area contributed by atoms with Crippen molar-refractivity contribution in [1.29, 1.82) is 0 Å². The number of rotatable bonds is 4. The molecule has 19 heavy (non-hydrogen) atoms. The van der Waals surface area contributed by atoms with E-state index in [4.69, 9.17) is 0 Å². The average Bonchev–Trinajstić information content (AvgIpc) is 3.09. The Morgan fingerprint density at radius 1 is 1.58 bits per heavy atom. The van der Waals surface area contributed by atoms with E-state index in [1.807, 2.05) is 19.3 Å². The Morgan fingerprint density at radius 3 is 3.16 bits per heavy atom. The van der Waals surface area contributed by atoms with Crippen LogP contribution < -0.4 is 5.32 Å². The molecule has 100 valence electrons. The van der Waals surface area contributed by atoms with Crippen molar-refractivity contribution in [3.05, 3.63) is 28.6 Å². The summed E-state index contributed by atoms with van der Waals surface area (Å²) in [5, 5.41) is 6.57. The zero-order chi connectivity index (χ0) is 13.2. The highest BCUT2D eigenvalue weighted by molar-refractivity contribution is 7.20. The molecule has 0 saturated carbocycles. The molecular formula is C13H15N3OS2. The molecule has 3 rings (SSSR count). The number of likely N-dealkylation sites (tertiary alicyclic amines) is 1. The van der Waals surface area contributed by atoms with Crippen LogP contribution in [0.3, 0.4) is 0 Å². The van der Waals surface area contributed by atoms with Gasteiger partial charge in [0.15, 0.2) is 0 Å². The fourth-order valence-electron chi connectivity index (χ4n) is 2.15. The molecule has 0 unspecified atom stereocenters. The lowest BCUT2D eigenvalue weighted by molar-refractivity contribution is -0.126. The van der Waals surface area contributed by atoms with Gasteiger partial charge in [0.25, 0.3) is 0 Å². The predicted octanol–water partition coefficient (Wildman–Crippen LogP) is 2.19. The largest absolute Gasteiger partial charge is 0.344 e. The number of thiophene rings is 1. The van der Waals surface area contributed by atoms with E-state index in [0.717, 1.165) is 18.1 Å². The zero-order valence-electron chi connectivity index (χ0n) is 10.6. The summed E-state index contributed by atoms with van der Waals surface area (Å²) < 4.78 is 0. The average molecular weight is 293 g/mol. The smallest absolute Gasteiger partial charge is 0.224 e. The normalized spacial score (nSPS) is 19.3. The van der Waals surface area contributed by atoms with Crippen LogP contribution in [0.15, 0.2) is 23.7 Å². The van der Waals surface area contributed by atoms with Gasteiger partial charge >= 0.3 is 0 Å². The summed E-state index contributed by atoms with van der Waals surface area (Å²) in [6.07, 6.45) is 2.53. The van der Waals surface area contributed by atoms with Crippen LogP contribution in [0, 0.1) is 0 Å². The van der Waals surface area contributed by atoms with E-state index in [0.29, 0.717) is 6.42 Å². The van der Waals surface area contributed by atoms with Gasteiger partial charge in [0.2, 0.25) is 5.91 Å². The molecule has 0 bridgehead atoms. The van der Waals surface area contributed by atoms with Gasteiger partial charge < -0.3 is 10.2 Å². The van der Waals surface area contributed by atoms with Gasteiger partial charge in [0.1, 0.15) is 5.01 Å². The quantitative estimate of drug-likeness (QED) is 0.940. The minimum absolute atomic E-state index is 0.223. The molecular weight excluding hydrogens is 278 g/mol. The molecule has 2 aromatic heterocycles. The molecule has 1 aliphatic heterocycles. The number of aromatic nitrogens is 1. The molecule has 6 heteroatoms. The van der Waals surface area contributed by atoms with Crippen molar-refractivity contribution in [2.24, 2.45) is 0 Å². The summed E-state index contributed by atoms with van der Waals surface area (Å²) in [6.45, 7) is 1.59. The van der Waals surface area contributed by atoms with Crippen LogP contribution in [-0.4, -0.2) is 35.4 Å². The molecule has 3 heterocycles. The third-order valence-electron chi connectivity index (χ3n) is 3.19. The van der Waals surface area contributed by atoms with Crippen molar-refractivity contribution in [3.63, 3.8) is 0 Å². The number of hydrogen-bond donors (Lipinski definition) is 1. The number of likely N-dealkylation sites (N-methyl/N-ethyl adjacent to an activating group) is 1. The standard InChI is InChI=1S/C13H15N3OS2/c1-16-8-9(5-12(16)17)14-6-10-7-15-13(19-10)11-3-2-4-18-11/h2-4,7,9,14H,5-6,8H2,1H3/t9-/m1/s1. The van der Waals surface area contributed by atoms with Crippen LogP contribution in [0.5, 0.6) is 0 Å². The van der Waals surface area contributed by atoms with Crippen LogP contribution in [0.2, 0.25) is 0 Å². The van der Waals surface area contributed by atoms with Crippen LogP contribution >= 0.6 is 22.7 Å². The fourth-order valence-corrected chi connectivity index (χ4v) is 3.82. The molecule has 4 nitrogen and oxygen atoms in total. The SMILES string of the molecule is CN1C[C@H](NCc2cnc(-c3cccs3)s2)CC1=O. The van der Waals surface area contributed by atoms with Crippen LogP contribution in [0.4, 0.5) is 0 Å². The Bertz CT molecular complexity index is 564. The van der Waals surface area contributed by atoms with E-state index >= 15 is 0 Å². The van der Waals surface area contributed by atoms with Gasteiger partial charge in [-0.05, 0) is 11.4 Å². The van der Waals surface area contributed by atoms with E-state index < -0.39 is 0 Å². The molecule has 0 radical (unpaired) electrons. The van der Waals surface area contributed by atoms with E-state index in [-0.39, 0.29) is 11.9 Å². The van der Waals surface area contributed by atoms with Crippen molar-refractivity contribution in [1.82, 2.24) is 15.2 Å². The molecule has 1 atom stereocenters. The molecule has 1 saturated heterocycles. The molecule has 1 amide bonds. The first-order valence-electron chi connectivity index (χ1n) is 6.18. The van der Waals surface area contributed by atoms with Gasteiger partial charge in [0, 0.05) is 43.7 Å². The van der Waals surface area contributed by atoms with Crippen molar-refractivity contribution in [3.8, 4) is 9.88 Å². The summed E-state index contributed by atoms with van der Waals surface area (Å²) in [7, 11) is 1.85. The first kappa shape index (κ1) is 12.8. The second-order valence-electron chi connectivity index (χ2n) is 4.67. The lowest BCUT2D eigenvalue weighted by atomic mass is 10.2. The van der Waals surface area contributed by atoms with Gasteiger partial charge in [-0.25, -0.2) is 4.98 Å². The summed E-state index contributed by atoms with van der Waals surface area (Å²) in [5.74, 6) is 0.223. The summed E-state index contributed by atoms with van der Waals surface area (Å²) >= 11 is 3.42. The van der Waals surface area contributed by atoms with E-state index in [1.165, 1.54) is 9.75 Å². The third kappa shape index (κ3) is 2.86. The minimum atomic E-state index is 0.223. The molecule has 1 fully saturated rings. The highest BCUT2D eigenvalue weighted by Crippen LogP contribution is 2.28. The molecule has 0 spiro atoms. The maximum Gasteiger partial charge on any atom is 0.224 e. The number of carbonyl (C=O) groups is 1. The Labute approximate surface area is 120 Å². The van der Waals surface area contributed by atoms with Crippen molar-refractivity contribution in [2.75, 3.05) is 13.6 Å². The first-order valence-corrected chi connectivity index (χ1v) is 7.88. The Morgan fingerprint density at radius 2 is 2.47 bits per heavy atom. The van der Waals surface area contributed by atoms with Gasteiger partial charge in [-0.15, -0.1) is 22.7 Å². The highest BCUT2D eigenvalue weighted by Gasteiger charge is 2.26. The maximum atomic E-state index is 11.4. The third-order valence-corrected chi connectivity index (χ3v) is 5.23. The van der Waals surface area contributed by atoms with Gasteiger partial charge in [-0.3, -0.25) is 4.79 Å². The van der Waals surface area contributed by atoms with Gasteiger partial charge in [-0.1, -0.05) is 6.07 Å². The van der Waals surface area contributed by atoms with E-state index in [1.54, 1.807) is 27.6 Å². The number of thiazole rings is 1. The van der Waals surface area contributed by atoms with Gasteiger partial charge in [0.05, 0.1) is 4.88 Å². The Kier molecular flexibility index (Phi) is 3.63. The number of nitrogens with zero attached hydrogens (tertiary/aromatic N) is 2. The number of amides is 1. The highest BCUT2D eigenvalue weighted by atomic mass is 32.1. The van der Waals surface area contributed by atoms with E-state index in [9.17, 15) is 4.79 Å². The second kappa shape index (κ2) is 5.40. The zero-order valence-corrected chi connectivity index (χ0v) is 12.3. The summed E-state index contributed by atoms with van der Waals surface area (Å²) in [6, 6.07) is 4.40. The predicted molar refractivity (Wildman–Crippen MR) is 78.3 cm³/mol. The lowest BCUT2D eigenvalue weighted by Gasteiger charge is -2.10. The Hall–Kier alpha value is -1.24. The van der Waals surface area contributed by atoms with Crippen molar-refractivity contribution in [2.45, 2.75) is 19.0 Å². The minimum Gasteiger partial charge on any atom is -0.344 e. The molecule has 0 aromatic carbocycles. The maximum absolute atomic E-state index is 11.4. The second-order valence-corrected chi connectivity index (χ2v) is 6.73. The lowest BCUT2D eigenvalue weighted by Crippen LogP contribution is -2.30.